The van der Waals surface area contributed by atoms with Crippen LogP contribution in [0.25, 0.3) is 0 Å². The first kappa shape index (κ1) is 13.4. The van der Waals surface area contributed by atoms with Gasteiger partial charge in [-0.15, -0.1) is 0 Å². The molecule has 1 heterocycles. The zero-order valence-corrected chi connectivity index (χ0v) is 11.4. The quantitative estimate of drug-likeness (QED) is 0.898. The van der Waals surface area contributed by atoms with Crippen LogP contribution in [0.4, 0.5) is 5.69 Å². The number of hydrogen-bond donors (Lipinski definition) is 2. The molecule has 0 spiro atoms. The maximum atomic E-state index is 12.2. The molecule has 6 heteroatoms. The van der Waals surface area contributed by atoms with E-state index in [9.17, 15) is 13.2 Å². The molecule has 0 aliphatic carbocycles. The third-order valence-corrected chi connectivity index (χ3v) is 4.31. The highest BCUT2D eigenvalue weighted by Gasteiger charge is 2.18. The Bertz CT molecular complexity index is 763. The van der Waals surface area contributed by atoms with E-state index in [0.29, 0.717) is 5.69 Å². The molecule has 5 nitrogen and oxygen atoms in total. The number of aromatic amines is 1. The molecule has 100 valence electrons. The average Bonchev–Trinajstić information content (AvgIpc) is 2.35. The largest absolute Gasteiger partial charge is 0.366 e. The number of H-pyrrole nitrogens is 1. The van der Waals surface area contributed by atoms with Crippen molar-refractivity contribution < 1.29 is 8.42 Å². The van der Waals surface area contributed by atoms with E-state index in [1.54, 1.807) is 12.1 Å². The summed E-state index contributed by atoms with van der Waals surface area (Å²) in [5, 5.41) is 0. The Morgan fingerprint density at radius 2 is 1.89 bits per heavy atom. The lowest BCUT2D eigenvalue weighted by Crippen LogP contribution is -2.21. The number of sulfonamides is 1. The fourth-order valence-corrected chi connectivity index (χ4v) is 2.85. The van der Waals surface area contributed by atoms with Gasteiger partial charge < -0.3 is 4.98 Å². The summed E-state index contributed by atoms with van der Waals surface area (Å²) in [6.45, 7) is 3.71. The van der Waals surface area contributed by atoms with Gasteiger partial charge in [0.1, 0.15) is 0 Å². The second-order valence-electron chi connectivity index (χ2n) is 4.23. The molecule has 0 fully saturated rings. The molecule has 0 amide bonds. The lowest BCUT2D eigenvalue weighted by Gasteiger charge is -2.11. The van der Waals surface area contributed by atoms with Crippen molar-refractivity contribution in [1.29, 1.82) is 0 Å². The van der Waals surface area contributed by atoms with E-state index in [1.165, 1.54) is 18.5 Å². The molecule has 1 aromatic carbocycles. The first-order valence-corrected chi connectivity index (χ1v) is 7.16. The third kappa shape index (κ3) is 2.68. The van der Waals surface area contributed by atoms with Crippen LogP contribution in [0, 0.1) is 13.8 Å². The summed E-state index contributed by atoms with van der Waals surface area (Å²) in [7, 11) is -3.88. The highest BCUT2D eigenvalue weighted by atomic mass is 32.2. The minimum atomic E-state index is -3.88. The summed E-state index contributed by atoms with van der Waals surface area (Å²) in [6.07, 6.45) is 2.56. The molecule has 0 aliphatic rings. The summed E-state index contributed by atoms with van der Waals surface area (Å²) in [6, 6.07) is 6.49. The molecule has 2 aromatic rings. The molecule has 0 saturated heterocycles. The Morgan fingerprint density at radius 3 is 2.58 bits per heavy atom. The summed E-state index contributed by atoms with van der Waals surface area (Å²) in [5.74, 6) is 0. The minimum absolute atomic E-state index is 0.295. The van der Waals surface area contributed by atoms with Crippen molar-refractivity contribution >= 4 is 15.7 Å². The molecule has 0 atom stereocenters. The molecule has 2 rings (SSSR count). The van der Waals surface area contributed by atoms with E-state index in [0.717, 1.165) is 11.1 Å². The first-order chi connectivity index (χ1) is 8.92. The van der Waals surface area contributed by atoms with Gasteiger partial charge in [-0.3, -0.25) is 9.52 Å². The standard InChI is InChI=1S/C13H14N2O3S/c1-9-4-3-5-11(10(9)2)15-19(17,18)13-8-14-7-6-12(13)16/h3-8,15H,1-2H3,(H,14,16). The number of aromatic nitrogens is 1. The fourth-order valence-electron chi connectivity index (χ4n) is 1.67. The maximum Gasteiger partial charge on any atom is 0.267 e. The molecular weight excluding hydrogens is 264 g/mol. The predicted octanol–water partition coefficient (Wildman–Crippen LogP) is 1.79. The van der Waals surface area contributed by atoms with E-state index in [4.69, 9.17) is 0 Å². The van der Waals surface area contributed by atoms with Crippen molar-refractivity contribution in [3.05, 3.63) is 58.0 Å². The van der Waals surface area contributed by atoms with Gasteiger partial charge in [-0.25, -0.2) is 8.42 Å². The average molecular weight is 278 g/mol. The zero-order valence-electron chi connectivity index (χ0n) is 10.6. The van der Waals surface area contributed by atoms with E-state index in [-0.39, 0.29) is 4.90 Å². The molecule has 0 unspecified atom stereocenters. The summed E-state index contributed by atoms with van der Waals surface area (Å²) in [5.41, 5.74) is 1.74. The van der Waals surface area contributed by atoms with Crippen LogP contribution in [0.2, 0.25) is 0 Å². The van der Waals surface area contributed by atoms with Crippen LogP contribution in [-0.2, 0) is 10.0 Å². The Morgan fingerprint density at radius 1 is 1.16 bits per heavy atom. The lowest BCUT2D eigenvalue weighted by atomic mass is 10.1. The Hall–Kier alpha value is -2.08. The van der Waals surface area contributed by atoms with Gasteiger partial charge in [0.05, 0.1) is 5.69 Å². The number of nitrogens with one attached hydrogen (secondary N) is 2. The summed E-state index contributed by atoms with van der Waals surface area (Å²) < 4.78 is 26.7. The molecule has 0 radical (unpaired) electrons. The second kappa shape index (κ2) is 4.89. The van der Waals surface area contributed by atoms with Gasteiger partial charge in [-0.05, 0) is 31.0 Å². The number of hydrogen-bond acceptors (Lipinski definition) is 3. The molecular formula is C13H14N2O3S. The van der Waals surface area contributed by atoms with E-state index >= 15 is 0 Å². The van der Waals surface area contributed by atoms with Crippen molar-refractivity contribution in [3.8, 4) is 0 Å². The fraction of sp³-hybridized carbons (Fsp3) is 0.154. The molecule has 1 aromatic heterocycles. The SMILES string of the molecule is Cc1cccc(NS(=O)(=O)c2c[nH]ccc2=O)c1C. The predicted molar refractivity (Wildman–Crippen MR) is 73.8 cm³/mol. The molecule has 19 heavy (non-hydrogen) atoms. The number of pyridine rings is 1. The van der Waals surface area contributed by atoms with Gasteiger partial charge in [-0.2, -0.15) is 0 Å². The van der Waals surface area contributed by atoms with Crippen molar-refractivity contribution in [2.75, 3.05) is 4.72 Å². The zero-order chi connectivity index (χ0) is 14.0. The smallest absolute Gasteiger partial charge is 0.267 e. The van der Waals surface area contributed by atoms with Gasteiger partial charge in [0.2, 0.25) is 5.43 Å². The highest BCUT2D eigenvalue weighted by molar-refractivity contribution is 7.92. The van der Waals surface area contributed by atoms with Gasteiger partial charge in [-0.1, -0.05) is 12.1 Å². The summed E-state index contributed by atoms with van der Waals surface area (Å²) in [4.78, 5) is 13.9. The molecule has 0 aliphatic heterocycles. The normalized spacial score (nSPS) is 11.3. The second-order valence-corrected chi connectivity index (χ2v) is 5.88. The van der Waals surface area contributed by atoms with Gasteiger partial charge >= 0.3 is 0 Å². The lowest BCUT2D eigenvalue weighted by molar-refractivity contribution is 0.600. The number of rotatable bonds is 3. The third-order valence-electron chi connectivity index (χ3n) is 2.93. The number of benzene rings is 1. The minimum Gasteiger partial charge on any atom is -0.366 e. The number of anilines is 1. The van der Waals surface area contributed by atoms with Crippen molar-refractivity contribution in [2.45, 2.75) is 18.7 Å². The summed E-state index contributed by atoms with van der Waals surface area (Å²) >= 11 is 0. The van der Waals surface area contributed by atoms with Crippen LogP contribution >= 0.6 is 0 Å². The van der Waals surface area contributed by atoms with Crippen molar-refractivity contribution in [2.24, 2.45) is 0 Å². The monoisotopic (exact) mass is 278 g/mol. The Balaban J connectivity index is 2.46. The maximum absolute atomic E-state index is 12.2. The van der Waals surface area contributed by atoms with E-state index in [2.05, 4.69) is 9.71 Å². The van der Waals surface area contributed by atoms with Gasteiger partial charge in [0, 0.05) is 18.5 Å². The van der Waals surface area contributed by atoms with Crippen LogP contribution in [0.5, 0.6) is 0 Å². The van der Waals surface area contributed by atoms with Crippen LogP contribution < -0.4 is 10.2 Å². The van der Waals surface area contributed by atoms with Gasteiger partial charge in [0.25, 0.3) is 10.0 Å². The Labute approximate surface area is 111 Å². The first-order valence-electron chi connectivity index (χ1n) is 5.68. The van der Waals surface area contributed by atoms with Crippen LogP contribution in [0.15, 0.2) is 46.3 Å². The van der Waals surface area contributed by atoms with E-state index in [1.807, 2.05) is 19.9 Å². The Kier molecular flexibility index (Phi) is 3.44. The highest BCUT2D eigenvalue weighted by Crippen LogP contribution is 2.20. The molecule has 0 bridgehead atoms. The van der Waals surface area contributed by atoms with Crippen molar-refractivity contribution in [3.63, 3.8) is 0 Å². The van der Waals surface area contributed by atoms with Crippen LogP contribution in [0.1, 0.15) is 11.1 Å². The van der Waals surface area contributed by atoms with Crippen molar-refractivity contribution in [1.82, 2.24) is 4.98 Å². The molecule has 2 N–H and O–H groups in total. The topological polar surface area (TPSA) is 79.0 Å². The number of aryl methyl sites for hydroxylation is 1. The van der Waals surface area contributed by atoms with Crippen LogP contribution in [0.3, 0.4) is 0 Å². The van der Waals surface area contributed by atoms with Crippen LogP contribution in [-0.4, -0.2) is 13.4 Å². The van der Waals surface area contributed by atoms with E-state index < -0.39 is 15.5 Å². The molecule has 0 saturated carbocycles. The van der Waals surface area contributed by atoms with Gasteiger partial charge in [0.15, 0.2) is 4.90 Å².